The smallest absolute Gasteiger partial charge is 0.260 e. The number of ether oxygens (including phenoxy) is 1. The molecule has 7 heteroatoms. The zero-order valence-corrected chi connectivity index (χ0v) is 18.1. The number of amides is 2. The summed E-state index contributed by atoms with van der Waals surface area (Å²) in [6, 6.07) is 10.7. The van der Waals surface area contributed by atoms with E-state index in [1.807, 2.05) is 26.0 Å². The summed E-state index contributed by atoms with van der Waals surface area (Å²) < 4.78 is 5.69. The zero-order valence-electron chi connectivity index (χ0n) is 16.6. The highest BCUT2D eigenvalue weighted by Crippen LogP contribution is 2.26. The molecule has 2 aromatic rings. The number of halogens is 2. The van der Waals surface area contributed by atoms with Crippen molar-refractivity contribution in [2.24, 2.45) is 0 Å². The van der Waals surface area contributed by atoms with Gasteiger partial charge in [0.2, 0.25) is 0 Å². The lowest BCUT2D eigenvalue weighted by Crippen LogP contribution is -2.39. The van der Waals surface area contributed by atoms with E-state index in [2.05, 4.69) is 0 Å². The molecular weight excluding hydrogens is 411 g/mol. The summed E-state index contributed by atoms with van der Waals surface area (Å²) >= 11 is 12.3. The van der Waals surface area contributed by atoms with E-state index < -0.39 is 0 Å². The van der Waals surface area contributed by atoms with Gasteiger partial charge in [0.15, 0.2) is 6.61 Å². The number of rotatable bonds is 4. The van der Waals surface area contributed by atoms with Crippen molar-refractivity contribution >= 4 is 35.0 Å². The predicted octanol–water partition coefficient (Wildman–Crippen LogP) is 4.36. The maximum atomic E-state index is 12.8. The van der Waals surface area contributed by atoms with Crippen molar-refractivity contribution in [1.29, 1.82) is 0 Å². The molecule has 2 aromatic carbocycles. The lowest BCUT2D eigenvalue weighted by atomic mass is 10.1. The minimum Gasteiger partial charge on any atom is -0.484 e. The molecule has 154 valence electrons. The van der Waals surface area contributed by atoms with Gasteiger partial charge in [0.25, 0.3) is 11.8 Å². The van der Waals surface area contributed by atoms with Crippen molar-refractivity contribution in [3.63, 3.8) is 0 Å². The molecule has 1 fully saturated rings. The molecule has 0 radical (unpaired) electrons. The third-order valence-electron chi connectivity index (χ3n) is 5.01. The Morgan fingerprint density at radius 3 is 2.28 bits per heavy atom. The Balaban J connectivity index is 1.57. The minimum atomic E-state index is -0.103. The molecule has 0 saturated carbocycles. The zero-order chi connectivity index (χ0) is 21.0. The summed E-state index contributed by atoms with van der Waals surface area (Å²) in [5.74, 6) is 0.429. The first kappa shape index (κ1) is 21.5. The van der Waals surface area contributed by atoms with Crippen LogP contribution >= 0.6 is 23.2 Å². The van der Waals surface area contributed by atoms with Crippen molar-refractivity contribution in [2.45, 2.75) is 20.3 Å². The van der Waals surface area contributed by atoms with Crippen molar-refractivity contribution in [1.82, 2.24) is 9.80 Å². The lowest BCUT2D eigenvalue weighted by Gasteiger charge is -2.22. The monoisotopic (exact) mass is 434 g/mol. The lowest BCUT2D eigenvalue weighted by molar-refractivity contribution is -0.133. The molecule has 2 amide bonds. The maximum absolute atomic E-state index is 12.8. The van der Waals surface area contributed by atoms with Crippen molar-refractivity contribution in [2.75, 3.05) is 32.8 Å². The van der Waals surface area contributed by atoms with Gasteiger partial charge in [0.1, 0.15) is 5.75 Å². The standard InChI is InChI=1S/C22H24Cl2N2O3/c1-15-12-17(13-16(2)21(15)24)29-14-20(27)25-8-5-9-26(11-10-25)22(28)18-6-3-4-7-19(18)23/h3-4,6-7,12-13H,5,8-11,14H2,1-2H3. The van der Waals surface area contributed by atoms with Crippen LogP contribution < -0.4 is 4.74 Å². The van der Waals surface area contributed by atoms with Crippen LogP contribution in [0.3, 0.4) is 0 Å². The van der Waals surface area contributed by atoms with Gasteiger partial charge in [-0.05, 0) is 55.7 Å². The molecule has 29 heavy (non-hydrogen) atoms. The Bertz CT molecular complexity index is 894. The van der Waals surface area contributed by atoms with Gasteiger partial charge in [0.05, 0.1) is 10.6 Å². The van der Waals surface area contributed by atoms with Crippen molar-refractivity contribution in [3.05, 3.63) is 63.1 Å². The highest BCUT2D eigenvalue weighted by molar-refractivity contribution is 6.33. The predicted molar refractivity (Wildman–Crippen MR) is 115 cm³/mol. The number of carbonyl (C=O) groups is 2. The van der Waals surface area contributed by atoms with Crippen molar-refractivity contribution < 1.29 is 14.3 Å². The van der Waals surface area contributed by atoms with Gasteiger partial charge >= 0.3 is 0 Å². The molecule has 1 aliphatic rings. The Hall–Kier alpha value is -2.24. The highest BCUT2D eigenvalue weighted by Gasteiger charge is 2.24. The topological polar surface area (TPSA) is 49.9 Å². The summed E-state index contributed by atoms with van der Waals surface area (Å²) in [5, 5.41) is 1.15. The first-order valence-corrected chi connectivity index (χ1v) is 10.3. The average molecular weight is 435 g/mol. The summed E-state index contributed by atoms with van der Waals surface area (Å²) in [6.45, 7) is 5.88. The van der Waals surface area contributed by atoms with Crippen molar-refractivity contribution in [3.8, 4) is 5.75 Å². The second-order valence-electron chi connectivity index (χ2n) is 7.17. The molecule has 0 bridgehead atoms. The quantitative estimate of drug-likeness (QED) is 0.717. The number of hydrogen-bond donors (Lipinski definition) is 0. The maximum Gasteiger partial charge on any atom is 0.260 e. The van der Waals surface area contributed by atoms with Crippen LogP contribution in [0.1, 0.15) is 27.9 Å². The number of hydrogen-bond acceptors (Lipinski definition) is 3. The third-order valence-corrected chi connectivity index (χ3v) is 5.94. The van der Waals surface area contributed by atoms with Crippen LogP contribution in [0.4, 0.5) is 0 Å². The van der Waals surface area contributed by atoms with Gasteiger partial charge in [-0.15, -0.1) is 0 Å². The van der Waals surface area contributed by atoms with Crippen LogP contribution in [-0.2, 0) is 4.79 Å². The number of aryl methyl sites for hydroxylation is 2. The molecular formula is C22H24Cl2N2O3. The van der Waals surface area contributed by atoms with E-state index in [0.717, 1.165) is 11.1 Å². The summed E-state index contributed by atoms with van der Waals surface area (Å²) in [5.41, 5.74) is 2.32. The fraction of sp³-hybridized carbons (Fsp3) is 0.364. The first-order chi connectivity index (χ1) is 13.9. The Labute approximate surface area is 181 Å². The number of carbonyl (C=O) groups excluding carboxylic acids is 2. The van der Waals surface area contributed by atoms with Gasteiger partial charge in [0, 0.05) is 31.2 Å². The molecule has 3 rings (SSSR count). The summed E-state index contributed by atoms with van der Waals surface area (Å²) in [6.07, 6.45) is 0.709. The molecule has 0 aromatic heterocycles. The molecule has 0 N–H and O–H groups in total. The van der Waals surface area contributed by atoms with Crippen LogP contribution in [0, 0.1) is 13.8 Å². The fourth-order valence-corrected chi connectivity index (χ4v) is 3.73. The third kappa shape index (κ3) is 5.22. The van der Waals surface area contributed by atoms with Crippen LogP contribution in [-0.4, -0.2) is 54.4 Å². The van der Waals surface area contributed by atoms with Crippen LogP contribution in [0.5, 0.6) is 5.75 Å². The highest BCUT2D eigenvalue weighted by atomic mass is 35.5. The Morgan fingerprint density at radius 2 is 1.59 bits per heavy atom. The van der Waals surface area contributed by atoms with E-state index in [9.17, 15) is 9.59 Å². The van der Waals surface area contributed by atoms with Crippen LogP contribution in [0.2, 0.25) is 10.0 Å². The second kappa shape index (κ2) is 9.51. The van der Waals surface area contributed by atoms with E-state index in [1.165, 1.54) is 0 Å². The molecule has 0 unspecified atom stereocenters. The van der Waals surface area contributed by atoms with Gasteiger partial charge in [-0.3, -0.25) is 9.59 Å². The van der Waals surface area contributed by atoms with E-state index in [-0.39, 0.29) is 18.4 Å². The number of benzene rings is 2. The Kier molecular flexibility index (Phi) is 7.04. The molecule has 0 spiro atoms. The van der Waals surface area contributed by atoms with Gasteiger partial charge < -0.3 is 14.5 Å². The van der Waals surface area contributed by atoms with Crippen LogP contribution in [0.25, 0.3) is 0 Å². The Morgan fingerprint density at radius 1 is 0.966 bits per heavy atom. The van der Waals surface area contributed by atoms with Crippen LogP contribution in [0.15, 0.2) is 36.4 Å². The minimum absolute atomic E-state index is 0.0427. The van der Waals surface area contributed by atoms with E-state index in [0.29, 0.717) is 54.0 Å². The molecule has 1 heterocycles. The second-order valence-corrected chi connectivity index (χ2v) is 7.95. The average Bonchev–Trinajstić information content (AvgIpc) is 2.96. The SMILES string of the molecule is Cc1cc(OCC(=O)N2CCCN(C(=O)c3ccccc3Cl)CC2)cc(C)c1Cl. The fourth-order valence-electron chi connectivity index (χ4n) is 3.40. The normalized spacial score (nSPS) is 14.5. The molecule has 5 nitrogen and oxygen atoms in total. The van der Waals surface area contributed by atoms with E-state index >= 15 is 0 Å². The number of nitrogens with zero attached hydrogens (tertiary/aromatic N) is 2. The van der Waals surface area contributed by atoms with Gasteiger partial charge in [-0.1, -0.05) is 35.3 Å². The molecule has 0 atom stereocenters. The molecule has 1 aliphatic heterocycles. The molecule has 0 aliphatic carbocycles. The van der Waals surface area contributed by atoms with E-state index in [4.69, 9.17) is 27.9 Å². The first-order valence-electron chi connectivity index (χ1n) is 9.58. The molecule has 1 saturated heterocycles. The van der Waals surface area contributed by atoms with E-state index in [1.54, 1.807) is 34.1 Å². The largest absolute Gasteiger partial charge is 0.484 e. The summed E-state index contributed by atoms with van der Waals surface area (Å²) in [7, 11) is 0. The van der Waals surface area contributed by atoms with Gasteiger partial charge in [-0.25, -0.2) is 0 Å². The summed E-state index contributed by atoms with van der Waals surface area (Å²) in [4.78, 5) is 28.9. The van der Waals surface area contributed by atoms with Gasteiger partial charge in [-0.2, -0.15) is 0 Å².